The number of anilines is 1. The van der Waals surface area contributed by atoms with E-state index in [0.717, 1.165) is 11.1 Å². The van der Waals surface area contributed by atoms with Crippen LogP contribution in [0.15, 0.2) is 53.4 Å². The highest BCUT2D eigenvalue weighted by molar-refractivity contribution is 7.92. The summed E-state index contributed by atoms with van der Waals surface area (Å²) in [5, 5.41) is 3.02. The molecule has 0 radical (unpaired) electrons. The first kappa shape index (κ1) is 14.6. The number of aryl methyl sites for hydroxylation is 1. The van der Waals surface area contributed by atoms with Crippen LogP contribution >= 0.6 is 0 Å². The first-order chi connectivity index (χ1) is 9.53. The summed E-state index contributed by atoms with van der Waals surface area (Å²) in [7, 11) is -1.73. The van der Waals surface area contributed by atoms with Gasteiger partial charge in [-0.1, -0.05) is 30.3 Å². The molecule has 0 aliphatic rings. The van der Waals surface area contributed by atoms with Gasteiger partial charge in [0.05, 0.1) is 10.6 Å². The number of sulfonamides is 1. The summed E-state index contributed by atoms with van der Waals surface area (Å²) in [5.41, 5.74) is 2.42. The molecular weight excluding hydrogens is 272 g/mol. The van der Waals surface area contributed by atoms with Crippen LogP contribution in [0.5, 0.6) is 0 Å². The second kappa shape index (κ2) is 6.07. The van der Waals surface area contributed by atoms with E-state index in [0.29, 0.717) is 12.2 Å². The highest BCUT2D eigenvalue weighted by atomic mass is 32.2. The zero-order chi connectivity index (χ0) is 14.6. The van der Waals surface area contributed by atoms with E-state index in [1.165, 1.54) is 0 Å². The Kier molecular flexibility index (Phi) is 4.42. The van der Waals surface area contributed by atoms with Crippen LogP contribution in [0.2, 0.25) is 0 Å². The fraction of sp³-hybridized carbons (Fsp3) is 0.200. The molecule has 5 heteroatoms. The molecule has 0 saturated heterocycles. The molecule has 2 rings (SSSR count). The van der Waals surface area contributed by atoms with Gasteiger partial charge in [0.1, 0.15) is 0 Å². The molecule has 0 aromatic heterocycles. The Morgan fingerprint density at radius 1 is 1.05 bits per heavy atom. The fourth-order valence-electron chi connectivity index (χ4n) is 1.95. The molecule has 2 aromatic rings. The molecule has 2 N–H and O–H groups in total. The average Bonchev–Trinajstić information content (AvgIpc) is 2.41. The molecule has 0 aliphatic carbocycles. The Morgan fingerprint density at radius 3 is 2.50 bits per heavy atom. The Morgan fingerprint density at radius 2 is 1.80 bits per heavy atom. The zero-order valence-electron chi connectivity index (χ0n) is 11.6. The summed E-state index contributed by atoms with van der Waals surface area (Å²) in [4.78, 5) is 0.275. The van der Waals surface area contributed by atoms with Crippen LogP contribution in [0.1, 0.15) is 11.1 Å². The minimum atomic E-state index is -3.55. The van der Waals surface area contributed by atoms with Gasteiger partial charge in [-0.25, -0.2) is 8.42 Å². The SMILES string of the molecule is CNCc1ccccc1NS(=O)(=O)c1cccc(C)c1. The van der Waals surface area contributed by atoms with Gasteiger partial charge in [-0.2, -0.15) is 0 Å². The summed E-state index contributed by atoms with van der Waals surface area (Å²) in [6, 6.07) is 14.2. The van der Waals surface area contributed by atoms with Crippen molar-refractivity contribution in [2.24, 2.45) is 0 Å². The van der Waals surface area contributed by atoms with E-state index >= 15 is 0 Å². The van der Waals surface area contributed by atoms with Gasteiger partial charge in [-0.15, -0.1) is 0 Å². The van der Waals surface area contributed by atoms with E-state index < -0.39 is 10.0 Å². The van der Waals surface area contributed by atoms with Gasteiger partial charge in [0.2, 0.25) is 0 Å². The highest BCUT2D eigenvalue weighted by Crippen LogP contribution is 2.20. The van der Waals surface area contributed by atoms with Crippen molar-refractivity contribution in [2.75, 3.05) is 11.8 Å². The smallest absolute Gasteiger partial charge is 0.261 e. The number of benzene rings is 2. The van der Waals surface area contributed by atoms with Crippen LogP contribution in [0.4, 0.5) is 5.69 Å². The van der Waals surface area contributed by atoms with Crippen molar-refractivity contribution in [3.63, 3.8) is 0 Å². The largest absolute Gasteiger partial charge is 0.316 e. The molecule has 20 heavy (non-hydrogen) atoms. The Hall–Kier alpha value is -1.85. The molecule has 4 nitrogen and oxygen atoms in total. The van der Waals surface area contributed by atoms with E-state index in [9.17, 15) is 8.42 Å². The van der Waals surface area contributed by atoms with E-state index in [2.05, 4.69) is 10.0 Å². The fourth-order valence-corrected chi connectivity index (χ4v) is 3.16. The third-order valence-electron chi connectivity index (χ3n) is 2.93. The maximum absolute atomic E-state index is 12.4. The van der Waals surface area contributed by atoms with Crippen molar-refractivity contribution in [3.8, 4) is 0 Å². The van der Waals surface area contributed by atoms with Crippen LogP contribution in [0, 0.1) is 6.92 Å². The van der Waals surface area contributed by atoms with E-state index in [1.54, 1.807) is 24.3 Å². The Balaban J connectivity index is 2.34. The molecule has 2 aromatic carbocycles. The first-order valence-corrected chi connectivity index (χ1v) is 7.83. The molecule has 0 fully saturated rings. The number of rotatable bonds is 5. The molecule has 0 amide bonds. The van der Waals surface area contributed by atoms with Crippen molar-refractivity contribution in [3.05, 3.63) is 59.7 Å². The molecular formula is C15H18N2O2S. The van der Waals surface area contributed by atoms with Crippen molar-refractivity contribution in [1.29, 1.82) is 0 Å². The van der Waals surface area contributed by atoms with Crippen LogP contribution in [0.3, 0.4) is 0 Å². The lowest BCUT2D eigenvalue weighted by Crippen LogP contribution is -2.16. The van der Waals surface area contributed by atoms with Gasteiger partial charge in [-0.3, -0.25) is 4.72 Å². The normalized spacial score (nSPS) is 11.3. The number of hydrogen-bond donors (Lipinski definition) is 2. The van der Waals surface area contributed by atoms with Gasteiger partial charge >= 0.3 is 0 Å². The number of hydrogen-bond acceptors (Lipinski definition) is 3. The summed E-state index contributed by atoms with van der Waals surface area (Å²) < 4.78 is 27.4. The third-order valence-corrected chi connectivity index (χ3v) is 4.29. The van der Waals surface area contributed by atoms with Crippen LogP contribution in [0.25, 0.3) is 0 Å². The molecule has 106 valence electrons. The van der Waals surface area contributed by atoms with Gasteiger partial charge in [-0.05, 0) is 43.3 Å². The topological polar surface area (TPSA) is 58.2 Å². The number of nitrogens with one attached hydrogen (secondary N) is 2. The van der Waals surface area contributed by atoms with E-state index in [1.807, 2.05) is 38.2 Å². The Labute approximate surface area is 119 Å². The number of para-hydroxylation sites is 1. The van der Waals surface area contributed by atoms with Gasteiger partial charge in [0.15, 0.2) is 0 Å². The summed E-state index contributed by atoms with van der Waals surface area (Å²) >= 11 is 0. The molecule has 0 spiro atoms. The minimum absolute atomic E-state index is 0.275. The van der Waals surface area contributed by atoms with Crippen molar-refractivity contribution < 1.29 is 8.42 Å². The quantitative estimate of drug-likeness (QED) is 0.889. The molecule has 0 saturated carbocycles. The summed E-state index contributed by atoms with van der Waals surface area (Å²) in [6.07, 6.45) is 0. The van der Waals surface area contributed by atoms with Crippen LogP contribution in [-0.4, -0.2) is 15.5 Å². The van der Waals surface area contributed by atoms with Crippen LogP contribution < -0.4 is 10.0 Å². The second-order valence-electron chi connectivity index (χ2n) is 4.61. The van der Waals surface area contributed by atoms with Gasteiger partial charge < -0.3 is 5.32 Å². The highest BCUT2D eigenvalue weighted by Gasteiger charge is 2.15. The minimum Gasteiger partial charge on any atom is -0.316 e. The maximum Gasteiger partial charge on any atom is 0.261 e. The molecule has 0 bridgehead atoms. The summed E-state index contributed by atoms with van der Waals surface area (Å²) in [5.74, 6) is 0. The molecule has 0 aliphatic heterocycles. The zero-order valence-corrected chi connectivity index (χ0v) is 12.4. The maximum atomic E-state index is 12.4. The third kappa shape index (κ3) is 3.37. The van der Waals surface area contributed by atoms with Gasteiger partial charge in [0, 0.05) is 6.54 Å². The Bertz CT molecular complexity index is 697. The lowest BCUT2D eigenvalue weighted by atomic mass is 10.2. The lowest BCUT2D eigenvalue weighted by Gasteiger charge is -2.12. The second-order valence-corrected chi connectivity index (χ2v) is 6.29. The predicted octanol–water partition coefficient (Wildman–Crippen LogP) is 2.52. The molecule has 0 unspecified atom stereocenters. The molecule has 0 atom stereocenters. The first-order valence-electron chi connectivity index (χ1n) is 6.35. The van der Waals surface area contributed by atoms with Gasteiger partial charge in [0.25, 0.3) is 10.0 Å². The average molecular weight is 290 g/mol. The molecule has 0 heterocycles. The summed E-state index contributed by atoms with van der Waals surface area (Å²) in [6.45, 7) is 2.47. The van der Waals surface area contributed by atoms with Crippen molar-refractivity contribution in [1.82, 2.24) is 5.32 Å². The predicted molar refractivity (Wildman–Crippen MR) is 81.2 cm³/mol. The van der Waals surface area contributed by atoms with E-state index in [4.69, 9.17) is 0 Å². The monoisotopic (exact) mass is 290 g/mol. The van der Waals surface area contributed by atoms with Crippen LogP contribution in [-0.2, 0) is 16.6 Å². The standard InChI is InChI=1S/C15H18N2O2S/c1-12-6-5-8-14(10-12)20(18,19)17-15-9-4-3-7-13(15)11-16-2/h3-10,16-17H,11H2,1-2H3. The van der Waals surface area contributed by atoms with E-state index in [-0.39, 0.29) is 4.90 Å². The van der Waals surface area contributed by atoms with Crippen molar-refractivity contribution in [2.45, 2.75) is 18.4 Å². The van der Waals surface area contributed by atoms with Crippen molar-refractivity contribution >= 4 is 15.7 Å². The lowest BCUT2D eigenvalue weighted by molar-refractivity contribution is 0.601.